The van der Waals surface area contributed by atoms with Gasteiger partial charge >= 0.3 is 0 Å². The van der Waals surface area contributed by atoms with Gasteiger partial charge in [0.25, 0.3) is 0 Å². The van der Waals surface area contributed by atoms with Gasteiger partial charge in [-0.1, -0.05) is 36.4 Å². The topological polar surface area (TPSA) is 42.1 Å². The standard InChI is InChI=1S/C19H15NO2/c1-22-14-8-6-12(7-9-14)16-11-18(21)20-19-15-5-3-2-4-13(15)10-17(16)19/h2-9,11H,10H2,1H3,(H,20,21). The highest BCUT2D eigenvalue weighted by Gasteiger charge is 2.22. The Balaban J connectivity index is 1.92. The Kier molecular flexibility index (Phi) is 2.86. The molecule has 0 bridgehead atoms. The monoisotopic (exact) mass is 289 g/mol. The fourth-order valence-electron chi connectivity index (χ4n) is 3.14. The molecule has 0 saturated carbocycles. The van der Waals surface area contributed by atoms with Crippen LogP contribution in [0.2, 0.25) is 0 Å². The number of hydrogen-bond acceptors (Lipinski definition) is 2. The van der Waals surface area contributed by atoms with E-state index in [2.05, 4.69) is 17.1 Å². The fourth-order valence-corrected chi connectivity index (χ4v) is 3.14. The van der Waals surface area contributed by atoms with Crippen LogP contribution >= 0.6 is 0 Å². The van der Waals surface area contributed by atoms with Crippen LogP contribution in [0.4, 0.5) is 0 Å². The predicted octanol–water partition coefficient (Wildman–Crippen LogP) is 3.62. The molecule has 1 N–H and O–H groups in total. The Labute approximate surface area is 128 Å². The molecule has 0 aliphatic heterocycles. The number of methoxy groups -OCH3 is 1. The van der Waals surface area contributed by atoms with Crippen molar-refractivity contribution in [3.63, 3.8) is 0 Å². The Bertz CT molecular complexity index is 907. The molecule has 0 spiro atoms. The van der Waals surface area contributed by atoms with Gasteiger partial charge in [-0.05, 0) is 34.4 Å². The second kappa shape index (κ2) is 4.88. The first kappa shape index (κ1) is 12.9. The van der Waals surface area contributed by atoms with Crippen LogP contribution in [0, 0.1) is 0 Å². The second-order valence-electron chi connectivity index (χ2n) is 5.46. The number of fused-ring (bicyclic) bond motifs is 3. The van der Waals surface area contributed by atoms with Gasteiger partial charge < -0.3 is 9.72 Å². The number of hydrogen-bond donors (Lipinski definition) is 1. The van der Waals surface area contributed by atoms with Gasteiger partial charge in [-0.25, -0.2) is 0 Å². The summed E-state index contributed by atoms with van der Waals surface area (Å²) in [6.45, 7) is 0. The van der Waals surface area contributed by atoms with E-state index in [0.717, 1.165) is 34.6 Å². The zero-order valence-corrected chi connectivity index (χ0v) is 12.2. The molecule has 1 heterocycles. The second-order valence-corrected chi connectivity index (χ2v) is 5.46. The quantitative estimate of drug-likeness (QED) is 0.612. The summed E-state index contributed by atoms with van der Waals surface area (Å²) in [6, 6.07) is 17.7. The highest BCUT2D eigenvalue weighted by Crippen LogP contribution is 2.39. The number of ether oxygens (including phenoxy) is 1. The Morgan fingerprint density at radius 3 is 2.55 bits per heavy atom. The molecule has 4 rings (SSSR count). The number of aromatic amines is 1. The molecule has 3 heteroatoms. The van der Waals surface area contributed by atoms with Crippen molar-refractivity contribution in [3.8, 4) is 28.1 Å². The van der Waals surface area contributed by atoms with Crippen LogP contribution in [-0.4, -0.2) is 12.1 Å². The zero-order chi connectivity index (χ0) is 15.1. The number of aromatic nitrogens is 1. The van der Waals surface area contributed by atoms with Crippen molar-refractivity contribution in [2.75, 3.05) is 7.11 Å². The van der Waals surface area contributed by atoms with Crippen LogP contribution in [0.15, 0.2) is 59.4 Å². The van der Waals surface area contributed by atoms with Crippen molar-refractivity contribution in [2.45, 2.75) is 6.42 Å². The number of nitrogens with one attached hydrogen (secondary N) is 1. The van der Waals surface area contributed by atoms with Crippen molar-refractivity contribution in [2.24, 2.45) is 0 Å². The minimum atomic E-state index is -0.0683. The molecular weight excluding hydrogens is 274 g/mol. The molecule has 1 aromatic heterocycles. The first-order valence-corrected chi connectivity index (χ1v) is 7.25. The van der Waals surface area contributed by atoms with Crippen molar-refractivity contribution < 1.29 is 4.74 Å². The minimum Gasteiger partial charge on any atom is -0.497 e. The summed E-state index contributed by atoms with van der Waals surface area (Å²) in [7, 11) is 1.65. The molecule has 108 valence electrons. The Morgan fingerprint density at radius 2 is 1.77 bits per heavy atom. The lowest BCUT2D eigenvalue weighted by Crippen LogP contribution is -2.07. The molecular formula is C19H15NO2. The summed E-state index contributed by atoms with van der Waals surface area (Å²) in [5, 5.41) is 0. The van der Waals surface area contributed by atoms with Gasteiger partial charge in [-0.15, -0.1) is 0 Å². The first-order valence-electron chi connectivity index (χ1n) is 7.25. The lowest BCUT2D eigenvalue weighted by atomic mass is 9.99. The van der Waals surface area contributed by atoms with Crippen LogP contribution in [-0.2, 0) is 6.42 Å². The third kappa shape index (κ3) is 1.94. The van der Waals surface area contributed by atoms with Crippen molar-refractivity contribution in [1.29, 1.82) is 0 Å². The van der Waals surface area contributed by atoms with E-state index < -0.39 is 0 Å². The van der Waals surface area contributed by atoms with Gasteiger partial charge in [0.05, 0.1) is 12.8 Å². The molecule has 22 heavy (non-hydrogen) atoms. The molecule has 2 aromatic carbocycles. The summed E-state index contributed by atoms with van der Waals surface area (Å²) >= 11 is 0. The lowest BCUT2D eigenvalue weighted by molar-refractivity contribution is 0.415. The summed E-state index contributed by atoms with van der Waals surface area (Å²) in [6.07, 6.45) is 0.851. The molecule has 3 aromatic rings. The highest BCUT2D eigenvalue weighted by molar-refractivity contribution is 5.82. The van der Waals surface area contributed by atoms with E-state index in [-0.39, 0.29) is 5.56 Å². The lowest BCUT2D eigenvalue weighted by Gasteiger charge is -2.09. The molecule has 0 fully saturated rings. The summed E-state index contributed by atoms with van der Waals surface area (Å²) < 4.78 is 5.20. The van der Waals surface area contributed by atoms with Gasteiger partial charge in [-0.3, -0.25) is 4.79 Å². The van der Waals surface area contributed by atoms with Crippen LogP contribution in [0.25, 0.3) is 22.4 Å². The van der Waals surface area contributed by atoms with Gasteiger partial charge in [0.15, 0.2) is 0 Å². The van der Waals surface area contributed by atoms with E-state index in [9.17, 15) is 4.79 Å². The maximum absolute atomic E-state index is 12.1. The predicted molar refractivity (Wildman–Crippen MR) is 87.3 cm³/mol. The third-order valence-corrected chi connectivity index (χ3v) is 4.21. The molecule has 1 aliphatic rings. The maximum atomic E-state index is 12.1. The van der Waals surface area contributed by atoms with Crippen molar-refractivity contribution in [3.05, 3.63) is 76.1 Å². The van der Waals surface area contributed by atoms with Gasteiger partial charge in [0.1, 0.15) is 5.75 Å². The molecule has 0 atom stereocenters. The van der Waals surface area contributed by atoms with Gasteiger partial charge in [0.2, 0.25) is 5.56 Å². The first-order chi connectivity index (χ1) is 10.8. The smallest absolute Gasteiger partial charge is 0.249 e. The number of pyridine rings is 1. The number of rotatable bonds is 2. The van der Waals surface area contributed by atoms with Crippen LogP contribution in [0.3, 0.4) is 0 Å². The highest BCUT2D eigenvalue weighted by atomic mass is 16.5. The Hall–Kier alpha value is -2.81. The van der Waals surface area contributed by atoms with Crippen molar-refractivity contribution in [1.82, 2.24) is 4.98 Å². The van der Waals surface area contributed by atoms with E-state index in [0.29, 0.717) is 0 Å². The number of benzene rings is 2. The van der Waals surface area contributed by atoms with E-state index in [1.807, 2.05) is 36.4 Å². The summed E-state index contributed by atoms with van der Waals surface area (Å²) in [5.74, 6) is 0.813. The van der Waals surface area contributed by atoms with Crippen LogP contribution in [0.5, 0.6) is 5.75 Å². The van der Waals surface area contributed by atoms with E-state index in [1.165, 1.54) is 11.1 Å². The minimum absolute atomic E-state index is 0.0683. The molecule has 0 amide bonds. The molecule has 0 unspecified atom stereocenters. The van der Waals surface area contributed by atoms with Crippen LogP contribution < -0.4 is 10.3 Å². The largest absolute Gasteiger partial charge is 0.497 e. The van der Waals surface area contributed by atoms with E-state index >= 15 is 0 Å². The van der Waals surface area contributed by atoms with Crippen LogP contribution in [0.1, 0.15) is 11.1 Å². The maximum Gasteiger partial charge on any atom is 0.249 e. The zero-order valence-electron chi connectivity index (χ0n) is 12.2. The van der Waals surface area contributed by atoms with E-state index in [4.69, 9.17) is 4.74 Å². The molecule has 3 nitrogen and oxygen atoms in total. The van der Waals surface area contributed by atoms with Gasteiger partial charge in [0, 0.05) is 18.1 Å². The normalized spacial score (nSPS) is 11.9. The molecule has 0 saturated heterocycles. The fraction of sp³-hybridized carbons (Fsp3) is 0.105. The molecule has 1 aliphatic carbocycles. The number of H-pyrrole nitrogens is 1. The average molecular weight is 289 g/mol. The summed E-state index contributed by atoms with van der Waals surface area (Å²) in [5.41, 5.74) is 6.49. The van der Waals surface area contributed by atoms with Gasteiger partial charge in [-0.2, -0.15) is 0 Å². The van der Waals surface area contributed by atoms with E-state index in [1.54, 1.807) is 13.2 Å². The average Bonchev–Trinajstić information content (AvgIpc) is 2.93. The van der Waals surface area contributed by atoms with Crippen molar-refractivity contribution >= 4 is 0 Å². The Morgan fingerprint density at radius 1 is 1.00 bits per heavy atom. The third-order valence-electron chi connectivity index (χ3n) is 4.21. The molecule has 0 radical (unpaired) electrons. The summed E-state index contributed by atoms with van der Waals surface area (Å²) in [4.78, 5) is 15.1. The SMILES string of the molecule is COc1ccc(-c2cc(=O)[nH]c3c2Cc2ccccc2-3)cc1.